The van der Waals surface area contributed by atoms with E-state index < -0.39 is 21.4 Å². The van der Waals surface area contributed by atoms with Gasteiger partial charge in [-0.15, -0.1) is 7.92 Å². The number of rotatable bonds is 9. The molecule has 6 radical (unpaired) electrons. The van der Waals surface area contributed by atoms with Gasteiger partial charge in [0.1, 0.15) is 5.90 Å². The fourth-order valence-electron chi connectivity index (χ4n) is 12.9. The molecule has 3 saturated carbocycles. The molecule has 68 heavy (non-hydrogen) atoms. The molecule has 0 heterocycles. The van der Waals surface area contributed by atoms with Gasteiger partial charge in [0.2, 0.25) is 0 Å². The fourth-order valence-corrected chi connectivity index (χ4v) is 37.2. The van der Waals surface area contributed by atoms with E-state index in [4.69, 9.17) is 22.7 Å². The normalized spacial score (nSPS) is 28.7. The Hall–Kier alpha value is 2.34. The van der Waals surface area contributed by atoms with E-state index in [2.05, 4.69) is 214 Å². The van der Waals surface area contributed by atoms with E-state index in [0.717, 1.165) is 70.7 Å². The minimum absolute atomic E-state index is 0.0692. The second kappa shape index (κ2) is 27.1. The Morgan fingerprint density at radius 3 is 1.12 bits per heavy atom. The molecule has 0 aromatic heterocycles. The minimum atomic E-state index is -1.68. The van der Waals surface area contributed by atoms with Crippen LogP contribution in [0.1, 0.15) is 252 Å². The first-order chi connectivity index (χ1) is 30.0. The highest BCUT2D eigenvalue weighted by Crippen LogP contribution is 2.82. The summed E-state index contributed by atoms with van der Waals surface area (Å²) in [6, 6.07) is 0. The van der Waals surface area contributed by atoms with Gasteiger partial charge in [-0.05, 0) is 224 Å². The zero-order valence-corrected chi connectivity index (χ0v) is 57.1. The van der Waals surface area contributed by atoms with Crippen LogP contribution in [0.2, 0.25) is 0 Å². The number of hydrogen-bond acceptors (Lipinski definition) is 0. The quantitative estimate of drug-likeness (QED) is 0.159. The van der Waals surface area contributed by atoms with Crippen molar-refractivity contribution in [3.05, 3.63) is 0 Å². The molecule has 0 spiro atoms. The van der Waals surface area contributed by atoms with Gasteiger partial charge in [0.05, 0.1) is 26.3 Å². The molecular formula is C60H127B3P5+3. The van der Waals surface area contributed by atoms with Crippen molar-refractivity contribution in [3.8, 4) is 0 Å². The molecule has 3 fully saturated rings. The predicted molar refractivity (Wildman–Crippen MR) is 339 cm³/mol. The Balaban J connectivity index is 0.000000933. The SMILES string of the molecule is CC(C)[C@@H]1CC[C@@H](C)C[C@H]1C.CC(C)[C@@H]1CC[C@@H](C)C[C@H]1P(C)CP(C(C)(C)C)C(C)(C)C.[B][P+](C)(C(C)(C)C)C(C)(C)C.[B][P+](C)(C[P+]([B])(C(C)(C)C)C(C)(C)C)[C@@H]1C[C@H](C)CC[C@H]1C(C)C. The Labute approximate surface area is 442 Å². The van der Waals surface area contributed by atoms with Crippen LogP contribution in [0, 0.1) is 59.2 Å². The molecule has 0 amide bonds. The van der Waals surface area contributed by atoms with Crippen LogP contribution in [-0.2, 0) is 0 Å². The van der Waals surface area contributed by atoms with E-state index >= 15 is 0 Å². The number of hydrogen-bond donors (Lipinski definition) is 0. The Bertz CT molecular complexity index is 1370. The molecule has 398 valence electrons. The second-order valence-electron chi connectivity index (χ2n) is 31.4. The monoisotopic (exact) mass is 1040 g/mol. The van der Waals surface area contributed by atoms with Crippen molar-refractivity contribution in [2.24, 2.45) is 59.2 Å². The lowest BCUT2D eigenvalue weighted by molar-refractivity contribution is 0.158. The summed E-state index contributed by atoms with van der Waals surface area (Å²) in [5, 5.41) is 1.81. The Kier molecular flexibility index (Phi) is 28.0. The van der Waals surface area contributed by atoms with E-state index in [9.17, 15) is 0 Å². The van der Waals surface area contributed by atoms with Gasteiger partial charge in [0.15, 0.2) is 0 Å². The summed E-state index contributed by atoms with van der Waals surface area (Å²) < 4.78 is 0. The van der Waals surface area contributed by atoms with E-state index in [0.29, 0.717) is 16.0 Å². The molecule has 3 aliphatic carbocycles. The average molecular weight is 1040 g/mol. The summed E-state index contributed by atoms with van der Waals surface area (Å²) in [6.07, 6.45) is 12.9. The maximum absolute atomic E-state index is 7.26. The van der Waals surface area contributed by atoms with Crippen LogP contribution in [0.5, 0.6) is 0 Å². The molecule has 0 bridgehead atoms. The first-order valence-electron chi connectivity index (χ1n) is 28.4. The Morgan fingerprint density at radius 2 is 0.809 bits per heavy atom. The summed E-state index contributed by atoms with van der Waals surface area (Å²) >= 11 is 0. The molecule has 0 aromatic carbocycles. The minimum Gasteiger partial charge on any atom is -0.102 e. The average Bonchev–Trinajstić information content (AvgIpc) is 3.11. The molecule has 8 heteroatoms. The van der Waals surface area contributed by atoms with Crippen LogP contribution in [0.25, 0.3) is 0 Å². The summed E-state index contributed by atoms with van der Waals surface area (Å²) in [4.78, 5) is 0. The maximum atomic E-state index is 7.26. The summed E-state index contributed by atoms with van der Waals surface area (Å²) in [7, 11) is 16.6. The van der Waals surface area contributed by atoms with Crippen LogP contribution in [-0.4, -0.2) is 96.8 Å². The van der Waals surface area contributed by atoms with E-state index in [1.54, 1.807) is 0 Å². The van der Waals surface area contributed by atoms with Crippen molar-refractivity contribution in [3.63, 3.8) is 0 Å². The Morgan fingerprint density at radius 1 is 0.471 bits per heavy atom. The van der Waals surface area contributed by atoms with Gasteiger partial charge >= 0.3 is 22.7 Å². The van der Waals surface area contributed by atoms with Gasteiger partial charge < -0.3 is 0 Å². The topological polar surface area (TPSA) is 0 Å². The zero-order valence-electron chi connectivity index (χ0n) is 52.7. The van der Waals surface area contributed by atoms with Crippen LogP contribution < -0.4 is 0 Å². The first-order valence-corrected chi connectivity index (χ1v) is 38.9. The molecule has 0 saturated heterocycles. The second-order valence-corrected chi connectivity index (χ2v) is 52.0. The lowest BCUT2D eigenvalue weighted by Gasteiger charge is -2.50. The van der Waals surface area contributed by atoms with Crippen molar-refractivity contribution in [2.75, 3.05) is 31.8 Å². The van der Waals surface area contributed by atoms with E-state index in [1.807, 2.05) is 0 Å². The highest BCUT2D eigenvalue weighted by molar-refractivity contribution is 8.12. The van der Waals surface area contributed by atoms with Crippen molar-refractivity contribution in [1.29, 1.82) is 0 Å². The van der Waals surface area contributed by atoms with Crippen LogP contribution >= 0.6 is 37.3 Å². The van der Waals surface area contributed by atoms with Crippen LogP contribution in [0.4, 0.5) is 0 Å². The molecule has 2 unspecified atom stereocenters. The zero-order chi connectivity index (χ0) is 54.4. The summed E-state index contributed by atoms with van der Waals surface area (Å²) in [6.45, 7) is 73.9. The fraction of sp³-hybridized carbons (Fsp3) is 1.00. The third-order valence-corrected chi connectivity index (χ3v) is 42.9. The first kappa shape index (κ1) is 70.3. The van der Waals surface area contributed by atoms with Gasteiger partial charge in [-0.3, -0.25) is 0 Å². The van der Waals surface area contributed by atoms with Crippen molar-refractivity contribution in [1.82, 2.24) is 0 Å². The summed E-state index contributed by atoms with van der Waals surface area (Å²) in [5.41, 5.74) is 1.72. The highest BCUT2D eigenvalue weighted by atomic mass is 31.2. The lowest BCUT2D eigenvalue weighted by Crippen LogP contribution is -2.40. The molecule has 0 aromatic rings. The van der Waals surface area contributed by atoms with Crippen LogP contribution in [0.3, 0.4) is 0 Å². The molecule has 3 rings (SSSR count). The molecule has 0 nitrogen and oxygen atoms in total. The molecule has 11 atom stereocenters. The smallest absolute Gasteiger partial charge is 0.102 e. The van der Waals surface area contributed by atoms with Gasteiger partial charge in [0.25, 0.3) is 0 Å². The molecule has 0 N–H and O–H groups in total. The van der Waals surface area contributed by atoms with E-state index in [-0.39, 0.29) is 36.5 Å². The third kappa shape index (κ3) is 21.1. The van der Waals surface area contributed by atoms with Gasteiger partial charge in [-0.25, -0.2) is 0 Å². The summed E-state index contributed by atoms with van der Waals surface area (Å²) in [5.74, 6) is 11.7. The van der Waals surface area contributed by atoms with Gasteiger partial charge in [-0.1, -0.05) is 138 Å². The van der Waals surface area contributed by atoms with Crippen molar-refractivity contribution >= 4 is 60.0 Å². The largest absolute Gasteiger partial charge is 0.370 e. The van der Waals surface area contributed by atoms with Crippen molar-refractivity contribution < 1.29 is 0 Å². The molecular weight excluding hydrogens is 908 g/mol. The predicted octanol–water partition coefficient (Wildman–Crippen LogP) is 21.5. The lowest BCUT2D eigenvalue weighted by atomic mass is 9.71. The third-order valence-electron chi connectivity index (χ3n) is 18.3. The standard InChI is InChI=1S/C20H42B2P2.C20H42P2.C11H22.C9H21BP/c1-15(2)17-12-11-16(3)13-18(17)23(10,21)14-24(22,19(4,5)6)20(7,8)9;1-15(2)17-12-11-16(3)13-18(17)21(10)14-22(19(4,5)6)20(7,8)9;1-8(2)11-6-5-9(3)7-10(11)4;1-8(2,3)11(7,10)9(4,5)6/h15-18H,11-14H2,1-10H3;15-18H,11-14H2,1-10H3;8-11H,5-7H2,1-4H3;1-7H3/q+2;;;+1/t16-,17+,18-,23?;16-,17+,18-,21?;9-,10-,11+;/m111./s1. The van der Waals surface area contributed by atoms with Gasteiger partial charge in [0, 0.05) is 20.5 Å². The van der Waals surface area contributed by atoms with Crippen molar-refractivity contribution in [2.45, 2.75) is 294 Å². The van der Waals surface area contributed by atoms with Crippen LogP contribution in [0.15, 0.2) is 0 Å². The maximum Gasteiger partial charge on any atom is 0.370 e. The van der Waals surface area contributed by atoms with Gasteiger partial charge in [-0.2, -0.15) is 0 Å². The highest BCUT2D eigenvalue weighted by Gasteiger charge is 2.60. The molecule has 0 aliphatic heterocycles. The molecule has 3 aliphatic rings. The van der Waals surface area contributed by atoms with E-state index in [1.165, 1.54) is 63.7 Å².